The van der Waals surface area contributed by atoms with Crippen molar-refractivity contribution in [1.29, 1.82) is 0 Å². The van der Waals surface area contributed by atoms with Gasteiger partial charge in [-0.3, -0.25) is 4.79 Å². The molecule has 2 atom stereocenters. The molecule has 26 heavy (non-hydrogen) atoms. The number of carbonyl (C=O) groups excluding carboxylic acids is 1. The highest BCUT2D eigenvalue weighted by Gasteiger charge is 2.25. The zero-order chi connectivity index (χ0) is 18.5. The molecule has 2 N–H and O–H groups in total. The van der Waals surface area contributed by atoms with Crippen LogP contribution in [0.25, 0.3) is 0 Å². The van der Waals surface area contributed by atoms with E-state index < -0.39 is 6.04 Å². The lowest BCUT2D eigenvalue weighted by atomic mass is 10.0. The van der Waals surface area contributed by atoms with Gasteiger partial charge < -0.3 is 20.1 Å². The number of fused-ring (bicyclic) bond motifs is 1. The standard InChI is InChI=1S/C21H26N2O3/c1-3-23(21(24)18(22)12-16-7-5-4-6-8-16)15(2)11-17-9-10-19-20(13-17)26-14-25-19/h4-10,13,15,18H,3,11-12,14,22H2,1-2H3/t15-,18-/m0/s1. The Labute approximate surface area is 154 Å². The SMILES string of the molecule is CCN(C(=O)[C@@H](N)Cc1ccccc1)[C@@H](C)Cc1ccc2c(c1)OCO2. The van der Waals surface area contributed by atoms with Gasteiger partial charge in [-0.1, -0.05) is 36.4 Å². The quantitative estimate of drug-likeness (QED) is 0.830. The molecule has 0 saturated carbocycles. The van der Waals surface area contributed by atoms with Crippen LogP contribution in [0.5, 0.6) is 11.5 Å². The predicted molar refractivity (Wildman–Crippen MR) is 101 cm³/mol. The van der Waals surface area contributed by atoms with Crippen molar-refractivity contribution in [2.24, 2.45) is 5.73 Å². The fourth-order valence-electron chi connectivity index (χ4n) is 3.37. The summed E-state index contributed by atoms with van der Waals surface area (Å²) in [6.07, 6.45) is 1.29. The molecule has 1 aliphatic rings. The Morgan fingerprint density at radius 2 is 1.81 bits per heavy atom. The Balaban J connectivity index is 1.64. The first-order valence-corrected chi connectivity index (χ1v) is 9.07. The zero-order valence-electron chi connectivity index (χ0n) is 15.4. The van der Waals surface area contributed by atoms with Crippen LogP contribution in [-0.2, 0) is 17.6 Å². The van der Waals surface area contributed by atoms with Crippen LogP contribution in [0.3, 0.4) is 0 Å². The van der Waals surface area contributed by atoms with Gasteiger partial charge >= 0.3 is 0 Å². The summed E-state index contributed by atoms with van der Waals surface area (Å²) in [6, 6.07) is 15.3. The van der Waals surface area contributed by atoms with Crippen molar-refractivity contribution in [1.82, 2.24) is 4.90 Å². The van der Waals surface area contributed by atoms with E-state index in [1.54, 1.807) is 0 Å². The molecule has 2 aromatic rings. The van der Waals surface area contributed by atoms with Gasteiger partial charge in [0.25, 0.3) is 0 Å². The number of nitrogens with two attached hydrogens (primary N) is 1. The number of rotatable bonds is 7. The summed E-state index contributed by atoms with van der Waals surface area (Å²) in [7, 11) is 0. The normalized spacial score (nSPS) is 14.7. The third-order valence-corrected chi connectivity index (χ3v) is 4.74. The summed E-state index contributed by atoms with van der Waals surface area (Å²) >= 11 is 0. The van der Waals surface area contributed by atoms with Crippen LogP contribution in [0, 0.1) is 0 Å². The van der Waals surface area contributed by atoms with E-state index in [-0.39, 0.29) is 18.7 Å². The number of likely N-dealkylation sites (N-methyl/N-ethyl adjacent to an activating group) is 1. The minimum Gasteiger partial charge on any atom is -0.454 e. The number of benzene rings is 2. The van der Waals surface area contributed by atoms with Crippen LogP contribution in [0.2, 0.25) is 0 Å². The van der Waals surface area contributed by atoms with Crippen LogP contribution < -0.4 is 15.2 Å². The van der Waals surface area contributed by atoms with Crippen molar-refractivity contribution in [2.45, 2.75) is 38.8 Å². The van der Waals surface area contributed by atoms with Gasteiger partial charge in [-0.15, -0.1) is 0 Å². The van der Waals surface area contributed by atoms with E-state index >= 15 is 0 Å². The highest BCUT2D eigenvalue weighted by atomic mass is 16.7. The molecular formula is C21H26N2O3. The summed E-state index contributed by atoms with van der Waals surface area (Å²) in [5.41, 5.74) is 8.40. The number of ether oxygens (including phenoxy) is 2. The van der Waals surface area contributed by atoms with Gasteiger partial charge in [-0.05, 0) is 49.9 Å². The van der Waals surface area contributed by atoms with Crippen molar-refractivity contribution in [3.05, 3.63) is 59.7 Å². The molecule has 1 aliphatic heterocycles. The van der Waals surface area contributed by atoms with Crippen LogP contribution in [0.4, 0.5) is 0 Å². The van der Waals surface area contributed by atoms with E-state index in [0.717, 1.165) is 29.0 Å². The first kappa shape index (κ1) is 18.3. The number of carbonyl (C=O) groups is 1. The van der Waals surface area contributed by atoms with E-state index in [1.165, 1.54) is 0 Å². The number of hydrogen-bond donors (Lipinski definition) is 1. The molecule has 0 aliphatic carbocycles. The molecule has 1 heterocycles. The average molecular weight is 354 g/mol. The smallest absolute Gasteiger partial charge is 0.240 e. The Hall–Kier alpha value is -2.53. The molecule has 1 amide bonds. The van der Waals surface area contributed by atoms with E-state index in [1.807, 2.05) is 60.4 Å². The maximum absolute atomic E-state index is 12.9. The second-order valence-electron chi connectivity index (χ2n) is 6.66. The van der Waals surface area contributed by atoms with Gasteiger partial charge in [-0.25, -0.2) is 0 Å². The number of nitrogens with zero attached hydrogens (tertiary/aromatic N) is 1. The third-order valence-electron chi connectivity index (χ3n) is 4.74. The van der Waals surface area contributed by atoms with Crippen LogP contribution in [0.1, 0.15) is 25.0 Å². The molecule has 0 radical (unpaired) electrons. The number of hydrogen-bond acceptors (Lipinski definition) is 4. The molecule has 5 nitrogen and oxygen atoms in total. The molecule has 3 rings (SSSR count). The van der Waals surface area contributed by atoms with Crippen molar-refractivity contribution < 1.29 is 14.3 Å². The number of amides is 1. The second kappa shape index (κ2) is 8.23. The maximum Gasteiger partial charge on any atom is 0.240 e. The van der Waals surface area contributed by atoms with Gasteiger partial charge in [0.1, 0.15) is 0 Å². The van der Waals surface area contributed by atoms with E-state index in [9.17, 15) is 4.79 Å². The highest BCUT2D eigenvalue weighted by molar-refractivity contribution is 5.82. The minimum atomic E-state index is -0.531. The van der Waals surface area contributed by atoms with Gasteiger partial charge in [0.05, 0.1) is 6.04 Å². The summed E-state index contributed by atoms with van der Waals surface area (Å²) in [4.78, 5) is 14.7. The molecule has 0 unspecified atom stereocenters. The molecule has 0 spiro atoms. The largest absolute Gasteiger partial charge is 0.454 e. The van der Waals surface area contributed by atoms with Crippen molar-refractivity contribution in [3.63, 3.8) is 0 Å². The van der Waals surface area contributed by atoms with E-state index in [0.29, 0.717) is 13.0 Å². The van der Waals surface area contributed by atoms with Gasteiger partial charge in [-0.2, -0.15) is 0 Å². The van der Waals surface area contributed by atoms with E-state index in [4.69, 9.17) is 15.2 Å². The average Bonchev–Trinajstić information content (AvgIpc) is 3.10. The summed E-state index contributed by atoms with van der Waals surface area (Å²) < 4.78 is 10.8. The lowest BCUT2D eigenvalue weighted by Crippen LogP contribution is -2.49. The van der Waals surface area contributed by atoms with Crippen molar-refractivity contribution in [3.8, 4) is 11.5 Å². The molecule has 0 aromatic heterocycles. The first-order valence-electron chi connectivity index (χ1n) is 9.07. The first-order chi connectivity index (χ1) is 12.6. The zero-order valence-corrected chi connectivity index (χ0v) is 15.4. The Morgan fingerprint density at radius 1 is 1.08 bits per heavy atom. The molecular weight excluding hydrogens is 328 g/mol. The third kappa shape index (κ3) is 4.17. The summed E-state index contributed by atoms with van der Waals surface area (Å²) in [6.45, 7) is 4.94. The van der Waals surface area contributed by atoms with Crippen LogP contribution in [0.15, 0.2) is 48.5 Å². The maximum atomic E-state index is 12.9. The lowest BCUT2D eigenvalue weighted by molar-refractivity contribution is -0.134. The minimum absolute atomic E-state index is 0.00963. The molecule has 5 heteroatoms. The Morgan fingerprint density at radius 3 is 2.54 bits per heavy atom. The van der Waals surface area contributed by atoms with Gasteiger partial charge in [0, 0.05) is 12.6 Å². The highest BCUT2D eigenvalue weighted by Crippen LogP contribution is 2.33. The molecule has 0 bridgehead atoms. The molecule has 0 saturated heterocycles. The molecule has 0 fully saturated rings. The fraction of sp³-hybridized carbons (Fsp3) is 0.381. The van der Waals surface area contributed by atoms with Crippen LogP contribution >= 0.6 is 0 Å². The molecule has 138 valence electrons. The summed E-state index contributed by atoms with van der Waals surface area (Å²) in [5, 5.41) is 0. The van der Waals surface area contributed by atoms with Crippen molar-refractivity contribution in [2.75, 3.05) is 13.3 Å². The van der Waals surface area contributed by atoms with E-state index in [2.05, 4.69) is 6.92 Å². The lowest BCUT2D eigenvalue weighted by Gasteiger charge is -2.30. The van der Waals surface area contributed by atoms with Crippen LogP contribution in [-0.4, -0.2) is 36.2 Å². The summed E-state index contributed by atoms with van der Waals surface area (Å²) in [5.74, 6) is 1.53. The predicted octanol–water partition coefficient (Wildman–Crippen LogP) is 2.76. The topological polar surface area (TPSA) is 64.8 Å². The monoisotopic (exact) mass is 354 g/mol. The van der Waals surface area contributed by atoms with Gasteiger partial charge in [0.2, 0.25) is 12.7 Å². The molecule has 2 aromatic carbocycles. The Kier molecular flexibility index (Phi) is 5.78. The fourth-order valence-corrected chi connectivity index (χ4v) is 3.37. The second-order valence-corrected chi connectivity index (χ2v) is 6.66. The van der Waals surface area contributed by atoms with Crippen molar-refractivity contribution >= 4 is 5.91 Å². The Bertz CT molecular complexity index is 748. The van der Waals surface area contributed by atoms with Gasteiger partial charge in [0.15, 0.2) is 11.5 Å².